The van der Waals surface area contributed by atoms with Crippen molar-refractivity contribution in [2.75, 3.05) is 7.11 Å². The number of para-hydroxylation sites is 1. The van der Waals surface area contributed by atoms with Gasteiger partial charge in [0.1, 0.15) is 11.6 Å². The summed E-state index contributed by atoms with van der Waals surface area (Å²) in [6, 6.07) is 16.8. The molecule has 0 saturated heterocycles. The number of aromatic nitrogens is 4. The summed E-state index contributed by atoms with van der Waals surface area (Å²) < 4.78 is 9.90. The zero-order valence-electron chi connectivity index (χ0n) is 13.5. The Morgan fingerprint density at radius 2 is 1.92 bits per heavy atom. The van der Waals surface area contributed by atoms with Crippen LogP contribution in [0.25, 0.3) is 27.8 Å². The predicted molar refractivity (Wildman–Crippen MR) is 92.7 cm³/mol. The molecule has 1 aliphatic heterocycles. The lowest BCUT2D eigenvalue weighted by Gasteiger charge is -2.11. The monoisotopic (exact) mass is 316 g/mol. The second-order valence-electron chi connectivity index (χ2n) is 6.06. The lowest BCUT2D eigenvalue weighted by Crippen LogP contribution is -2.05. The third-order valence-electron chi connectivity index (χ3n) is 4.72. The molecule has 0 radical (unpaired) electrons. The molecule has 5 rings (SSSR count). The summed E-state index contributed by atoms with van der Waals surface area (Å²) in [7, 11) is 1.70. The summed E-state index contributed by atoms with van der Waals surface area (Å²) in [5.74, 6) is 2.69. The first-order chi connectivity index (χ1) is 11.8. The van der Waals surface area contributed by atoms with Crippen LogP contribution in [0.1, 0.15) is 11.6 Å². The standard InChI is InChI=1S/C19H16N4O/c1-12-20-21-19-11-22-16-6-4-3-5-13(16)9-18(22)15-10-14(24-2)7-8-17(15)23(12)19/h3-10H,11H2,1-2H3. The van der Waals surface area contributed by atoms with Crippen LogP contribution in [-0.4, -0.2) is 26.4 Å². The highest BCUT2D eigenvalue weighted by Crippen LogP contribution is 2.38. The summed E-state index contributed by atoms with van der Waals surface area (Å²) in [5, 5.41) is 9.92. The summed E-state index contributed by atoms with van der Waals surface area (Å²) in [6.45, 7) is 2.68. The molecular formula is C19H16N4O. The van der Waals surface area contributed by atoms with Gasteiger partial charge in [-0.3, -0.25) is 4.57 Å². The van der Waals surface area contributed by atoms with E-state index in [4.69, 9.17) is 4.74 Å². The number of methoxy groups -OCH3 is 1. The van der Waals surface area contributed by atoms with Crippen molar-refractivity contribution in [1.82, 2.24) is 19.3 Å². The third kappa shape index (κ3) is 1.69. The maximum Gasteiger partial charge on any atom is 0.157 e. The first kappa shape index (κ1) is 13.4. The van der Waals surface area contributed by atoms with E-state index in [9.17, 15) is 0 Å². The molecule has 5 heteroatoms. The molecule has 4 aromatic rings. The van der Waals surface area contributed by atoms with E-state index in [1.165, 1.54) is 16.6 Å². The number of ether oxygens (including phenoxy) is 1. The van der Waals surface area contributed by atoms with Gasteiger partial charge in [-0.2, -0.15) is 0 Å². The van der Waals surface area contributed by atoms with Gasteiger partial charge in [0.25, 0.3) is 0 Å². The SMILES string of the molecule is COc1ccc2c(c1)-c1cc3ccccc3n1Cc1nnc(C)n1-2. The maximum absolute atomic E-state index is 5.46. The number of fused-ring (bicyclic) bond motifs is 7. The Labute approximate surface area is 139 Å². The van der Waals surface area contributed by atoms with E-state index in [1.807, 2.05) is 13.0 Å². The molecule has 0 amide bonds. The zero-order valence-corrected chi connectivity index (χ0v) is 13.5. The molecule has 3 heterocycles. The van der Waals surface area contributed by atoms with Crippen molar-refractivity contribution in [3.8, 4) is 22.7 Å². The van der Waals surface area contributed by atoms with Crippen LogP contribution < -0.4 is 4.74 Å². The first-order valence-electron chi connectivity index (χ1n) is 7.94. The van der Waals surface area contributed by atoms with Crippen molar-refractivity contribution < 1.29 is 4.74 Å². The fraction of sp³-hybridized carbons (Fsp3) is 0.158. The molecule has 0 saturated carbocycles. The molecular weight excluding hydrogens is 300 g/mol. The van der Waals surface area contributed by atoms with Gasteiger partial charge in [0.2, 0.25) is 0 Å². The summed E-state index contributed by atoms with van der Waals surface area (Å²) in [5.41, 5.74) is 4.60. The van der Waals surface area contributed by atoms with E-state index in [1.54, 1.807) is 7.11 Å². The van der Waals surface area contributed by atoms with Gasteiger partial charge in [-0.15, -0.1) is 10.2 Å². The van der Waals surface area contributed by atoms with Gasteiger partial charge in [-0.1, -0.05) is 18.2 Å². The Hall–Kier alpha value is -3.08. The Balaban J connectivity index is 1.93. The number of nitrogens with zero attached hydrogens (tertiary/aromatic N) is 4. The van der Waals surface area contributed by atoms with Gasteiger partial charge >= 0.3 is 0 Å². The van der Waals surface area contributed by atoms with Crippen molar-refractivity contribution in [2.45, 2.75) is 13.5 Å². The first-order valence-corrected chi connectivity index (χ1v) is 7.94. The fourth-order valence-electron chi connectivity index (χ4n) is 3.61. The van der Waals surface area contributed by atoms with Gasteiger partial charge in [0.05, 0.1) is 25.0 Å². The van der Waals surface area contributed by atoms with Crippen molar-refractivity contribution in [1.29, 1.82) is 0 Å². The Morgan fingerprint density at radius 1 is 1.04 bits per heavy atom. The highest BCUT2D eigenvalue weighted by Gasteiger charge is 2.24. The quantitative estimate of drug-likeness (QED) is 0.475. The molecule has 5 nitrogen and oxygen atoms in total. The van der Waals surface area contributed by atoms with Crippen LogP contribution in [0.5, 0.6) is 5.75 Å². The van der Waals surface area contributed by atoms with Gasteiger partial charge in [0, 0.05) is 16.5 Å². The largest absolute Gasteiger partial charge is 0.497 e. The van der Waals surface area contributed by atoms with E-state index < -0.39 is 0 Å². The molecule has 0 unspecified atom stereocenters. The summed E-state index contributed by atoms with van der Waals surface area (Å²) in [4.78, 5) is 0. The number of benzene rings is 2. The second-order valence-corrected chi connectivity index (χ2v) is 6.06. The molecule has 118 valence electrons. The molecule has 0 fully saturated rings. The summed E-state index contributed by atoms with van der Waals surface area (Å²) in [6.07, 6.45) is 0. The average molecular weight is 316 g/mol. The third-order valence-corrected chi connectivity index (χ3v) is 4.72. The van der Waals surface area contributed by atoms with E-state index in [-0.39, 0.29) is 0 Å². The lowest BCUT2D eigenvalue weighted by atomic mass is 10.1. The van der Waals surface area contributed by atoms with Gasteiger partial charge in [0.15, 0.2) is 5.82 Å². The molecule has 0 atom stereocenters. The molecule has 0 bridgehead atoms. The average Bonchev–Trinajstić information content (AvgIpc) is 3.12. The molecule has 24 heavy (non-hydrogen) atoms. The van der Waals surface area contributed by atoms with Crippen LogP contribution in [0, 0.1) is 6.92 Å². The zero-order chi connectivity index (χ0) is 16.3. The number of hydrogen-bond acceptors (Lipinski definition) is 3. The smallest absolute Gasteiger partial charge is 0.157 e. The fourth-order valence-corrected chi connectivity index (χ4v) is 3.61. The minimum atomic E-state index is 0.695. The maximum atomic E-state index is 5.46. The van der Waals surface area contributed by atoms with E-state index >= 15 is 0 Å². The van der Waals surface area contributed by atoms with E-state index in [0.717, 1.165) is 28.6 Å². The van der Waals surface area contributed by atoms with Crippen molar-refractivity contribution in [2.24, 2.45) is 0 Å². The predicted octanol–water partition coefficient (Wildman–Crippen LogP) is 3.57. The highest BCUT2D eigenvalue weighted by atomic mass is 16.5. The van der Waals surface area contributed by atoms with Crippen LogP contribution in [0.3, 0.4) is 0 Å². The van der Waals surface area contributed by atoms with Crippen LogP contribution in [0.2, 0.25) is 0 Å². The van der Waals surface area contributed by atoms with E-state index in [0.29, 0.717) is 6.54 Å². The number of rotatable bonds is 1. The molecule has 2 aromatic carbocycles. The Morgan fingerprint density at radius 3 is 2.79 bits per heavy atom. The van der Waals surface area contributed by atoms with Crippen LogP contribution >= 0.6 is 0 Å². The Bertz CT molecular complexity index is 1090. The van der Waals surface area contributed by atoms with Crippen molar-refractivity contribution in [3.63, 3.8) is 0 Å². The van der Waals surface area contributed by atoms with Gasteiger partial charge in [-0.05, 0) is 37.3 Å². The minimum Gasteiger partial charge on any atom is -0.497 e. The molecule has 0 aliphatic carbocycles. The lowest BCUT2D eigenvalue weighted by molar-refractivity contribution is 0.415. The van der Waals surface area contributed by atoms with Crippen molar-refractivity contribution in [3.05, 3.63) is 60.2 Å². The van der Waals surface area contributed by atoms with Gasteiger partial charge in [-0.25, -0.2) is 0 Å². The molecule has 2 aromatic heterocycles. The minimum absolute atomic E-state index is 0.695. The van der Waals surface area contributed by atoms with Crippen LogP contribution in [-0.2, 0) is 6.54 Å². The van der Waals surface area contributed by atoms with Gasteiger partial charge < -0.3 is 9.30 Å². The molecule has 0 spiro atoms. The number of hydrogen-bond donors (Lipinski definition) is 0. The van der Waals surface area contributed by atoms with Crippen molar-refractivity contribution >= 4 is 10.9 Å². The normalized spacial score (nSPS) is 12.4. The molecule has 0 N–H and O–H groups in total. The van der Waals surface area contributed by atoms with Crippen LogP contribution in [0.4, 0.5) is 0 Å². The van der Waals surface area contributed by atoms with Crippen LogP contribution in [0.15, 0.2) is 48.5 Å². The topological polar surface area (TPSA) is 44.9 Å². The second kappa shape index (κ2) is 4.71. The molecule has 1 aliphatic rings. The Kier molecular flexibility index (Phi) is 2.62. The van der Waals surface area contributed by atoms with E-state index in [2.05, 4.69) is 61.8 Å². The summed E-state index contributed by atoms with van der Waals surface area (Å²) >= 11 is 0. The highest BCUT2D eigenvalue weighted by molar-refractivity contribution is 5.89. The number of aryl methyl sites for hydroxylation is 1.